The molecule has 0 spiro atoms. The summed E-state index contributed by atoms with van der Waals surface area (Å²) in [6.45, 7) is 8.01. The molecule has 2 N–H and O–H groups in total. The van der Waals surface area contributed by atoms with Crippen molar-refractivity contribution in [2.45, 2.75) is 33.4 Å². The van der Waals surface area contributed by atoms with Crippen LogP contribution in [-0.2, 0) is 13.1 Å². The van der Waals surface area contributed by atoms with Gasteiger partial charge in [0.2, 0.25) is 0 Å². The van der Waals surface area contributed by atoms with E-state index in [-0.39, 0.29) is 5.41 Å². The molecule has 0 aromatic heterocycles. The van der Waals surface area contributed by atoms with Crippen molar-refractivity contribution >= 4 is 11.6 Å². The van der Waals surface area contributed by atoms with Crippen LogP contribution in [0.25, 0.3) is 0 Å². The molecular formula is C20H27ClN2. The lowest BCUT2D eigenvalue weighted by molar-refractivity contribution is 0.151. The second-order valence-electron chi connectivity index (χ2n) is 6.63. The van der Waals surface area contributed by atoms with Crippen LogP contribution in [0.5, 0.6) is 0 Å². The fraction of sp³-hybridized carbons (Fsp3) is 0.400. The Morgan fingerprint density at radius 3 is 2.04 bits per heavy atom. The van der Waals surface area contributed by atoms with Crippen LogP contribution < -0.4 is 5.73 Å². The zero-order chi connectivity index (χ0) is 16.7. The topological polar surface area (TPSA) is 29.3 Å². The van der Waals surface area contributed by atoms with Crippen molar-refractivity contribution in [3.8, 4) is 0 Å². The van der Waals surface area contributed by atoms with E-state index >= 15 is 0 Å². The number of nitrogens with zero attached hydrogens (tertiary/aromatic N) is 1. The van der Waals surface area contributed by atoms with E-state index in [0.717, 1.165) is 31.1 Å². The van der Waals surface area contributed by atoms with Crippen LogP contribution >= 0.6 is 11.6 Å². The molecule has 3 heteroatoms. The second kappa shape index (κ2) is 8.49. The van der Waals surface area contributed by atoms with Crippen LogP contribution in [0.3, 0.4) is 0 Å². The molecule has 0 heterocycles. The van der Waals surface area contributed by atoms with E-state index in [1.807, 2.05) is 12.1 Å². The van der Waals surface area contributed by atoms with Crippen molar-refractivity contribution in [3.63, 3.8) is 0 Å². The van der Waals surface area contributed by atoms with Gasteiger partial charge in [-0.15, -0.1) is 0 Å². The summed E-state index contributed by atoms with van der Waals surface area (Å²) >= 11 is 6.00. The predicted molar refractivity (Wildman–Crippen MR) is 99.5 cm³/mol. The maximum atomic E-state index is 6.03. The summed E-state index contributed by atoms with van der Waals surface area (Å²) in [5.41, 5.74) is 8.78. The molecule has 0 fully saturated rings. The fourth-order valence-electron chi connectivity index (χ4n) is 2.72. The van der Waals surface area contributed by atoms with E-state index in [0.29, 0.717) is 6.54 Å². The van der Waals surface area contributed by atoms with Crippen LogP contribution in [0.4, 0.5) is 0 Å². The first-order valence-electron chi connectivity index (χ1n) is 8.25. The van der Waals surface area contributed by atoms with E-state index in [1.54, 1.807) is 0 Å². The molecule has 0 radical (unpaired) electrons. The zero-order valence-electron chi connectivity index (χ0n) is 14.1. The minimum Gasteiger partial charge on any atom is -0.330 e. The molecule has 0 saturated carbocycles. The zero-order valence-corrected chi connectivity index (χ0v) is 14.9. The first-order valence-corrected chi connectivity index (χ1v) is 8.63. The van der Waals surface area contributed by atoms with E-state index in [2.05, 4.69) is 61.2 Å². The summed E-state index contributed by atoms with van der Waals surface area (Å²) in [4.78, 5) is 2.48. The Bertz CT molecular complexity index is 576. The largest absolute Gasteiger partial charge is 0.330 e. The fourth-order valence-corrected chi connectivity index (χ4v) is 2.84. The first kappa shape index (κ1) is 18.0. The summed E-state index contributed by atoms with van der Waals surface area (Å²) in [5.74, 6) is 0. The highest BCUT2D eigenvalue weighted by atomic mass is 35.5. The molecule has 2 aromatic carbocycles. The number of halogens is 1. The number of rotatable bonds is 8. The Kier molecular flexibility index (Phi) is 6.64. The van der Waals surface area contributed by atoms with Gasteiger partial charge >= 0.3 is 0 Å². The number of hydrogen-bond donors (Lipinski definition) is 1. The molecule has 0 amide bonds. The van der Waals surface area contributed by atoms with Gasteiger partial charge in [0.15, 0.2) is 0 Å². The van der Waals surface area contributed by atoms with E-state index < -0.39 is 0 Å². The lowest BCUT2D eigenvalue weighted by Crippen LogP contribution is -2.39. The molecule has 0 bridgehead atoms. The summed E-state index contributed by atoms with van der Waals surface area (Å²) in [5, 5.41) is 0.781. The van der Waals surface area contributed by atoms with Gasteiger partial charge in [0, 0.05) is 24.7 Å². The van der Waals surface area contributed by atoms with Gasteiger partial charge in [0.05, 0.1) is 0 Å². The summed E-state index contributed by atoms with van der Waals surface area (Å²) < 4.78 is 0. The van der Waals surface area contributed by atoms with Gasteiger partial charge in [0.25, 0.3) is 0 Å². The summed E-state index contributed by atoms with van der Waals surface area (Å²) in [6.07, 6.45) is 1.08. The quantitative estimate of drug-likeness (QED) is 0.759. The highest BCUT2D eigenvalue weighted by Gasteiger charge is 2.24. The predicted octanol–water partition coefficient (Wildman–Crippen LogP) is 4.72. The van der Waals surface area contributed by atoms with E-state index in [4.69, 9.17) is 17.3 Å². The van der Waals surface area contributed by atoms with E-state index in [1.165, 1.54) is 11.1 Å². The van der Waals surface area contributed by atoms with Crippen molar-refractivity contribution in [2.75, 3.05) is 13.1 Å². The normalized spacial score (nSPS) is 14.0. The Hall–Kier alpha value is -1.35. The minimum absolute atomic E-state index is 0.140. The molecule has 124 valence electrons. The van der Waals surface area contributed by atoms with Gasteiger partial charge in [-0.3, -0.25) is 4.90 Å². The van der Waals surface area contributed by atoms with Gasteiger partial charge < -0.3 is 5.73 Å². The Morgan fingerprint density at radius 1 is 0.957 bits per heavy atom. The van der Waals surface area contributed by atoms with Crippen molar-refractivity contribution in [3.05, 3.63) is 70.7 Å². The van der Waals surface area contributed by atoms with Gasteiger partial charge in [-0.2, -0.15) is 0 Å². The van der Waals surface area contributed by atoms with Crippen molar-refractivity contribution < 1.29 is 0 Å². The maximum absolute atomic E-state index is 6.03. The molecular weight excluding hydrogens is 304 g/mol. The molecule has 0 aliphatic carbocycles. The lowest BCUT2D eigenvalue weighted by Gasteiger charge is -2.34. The summed E-state index contributed by atoms with van der Waals surface area (Å²) in [6, 6.07) is 18.7. The van der Waals surface area contributed by atoms with Crippen molar-refractivity contribution in [2.24, 2.45) is 11.1 Å². The first-order chi connectivity index (χ1) is 11.0. The molecule has 23 heavy (non-hydrogen) atoms. The van der Waals surface area contributed by atoms with E-state index in [9.17, 15) is 0 Å². The Balaban J connectivity index is 2.14. The Morgan fingerprint density at radius 2 is 1.52 bits per heavy atom. The standard InChI is InChI=1S/C20H27ClN2/c1-3-20(2,15-22)16-23(13-17-7-5-4-6-8-17)14-18-9-11-19(21)12-10-18/h4-12H,3,13-16,22H2,1-2H3. The van der Waals surface area contributed by atoms with Gasteiger partial charge in [-0.1, -0.05) is 67.9 Å². The lowest BCUT2D eigenvalue weighted by atomic mass is 9.87. The number of benzene rings is 2. The third-order valence-corrected chi connectivity index (χ3v) is 4.77. The SMILES string of the molecule is CCC(C)(CN)CN(Cc1ccccc1)Cc1ccc(Cl)cc1. The maximum Gasteiger partial charge on any atom is 0.0406 e. The third-order valence-electron chi connectivity index (χ3n) is 4.52. The molecule has 2 nitrogen and oxygen atoms in total. The van der Waals surface area contributed by atoms with Crippen LogP contribution in [-0.4, -0.2) is 18.0 Å². The smallest absolute Gasteiger partial charge is 0.0406 e. The van der Waals surface area contributed by atoms with Gasteiger partial charge in [-0.05, 0) is 41.6 Å². The molecule has 2 rings (SSSR count). The van der Waals surface area contributed by atoms with Gasteiger partial charge in [0.1, 0.15) is 0 Å². The molecule has 1 unspecified atom stereocenters. The number of nitrogens with two attached hydrogens (primary N) is 1. The molecule has 0 aliphatic rings. The van der Waals surface area contributed by atoms with Crippen LogP contribution in [0, 0.1) is 5.41 Å². The molecule has 0 saturated heterocycles. The van der Waals surface area contributed by atoms with Gasteiger partial charge in [-0.25, -0.2) is 0 Å². The second-order valence-corrected chi connectivity index (χ2v) is 7.06. The Labute approximate surface area is 145 Å². The van der Waals surface area contributed by atoms with Crippen LogP contribution in [0.2, 0.25) is 5.02 Å². The monoisotopic (exact) mass is 330 g/mol. The molecule has 0 aliphatic heterocycles. The third kappa shape index (κ3) is 5.65. The van der Waals surface area contributed by atoms with Crippen molar-refractivity contribution in [1.82, 2.24) is 4.90 Å². The average molecular weight is 331 g/mol. The number of hydrogen-bond acceptors (Lipinski definition) is 2. The van der Waals surface area contributed by atoms with Crippen LogP contribution in [0.1, 0.15) is 31.4 Å². The molecule has 1 atom stereocenters. The van der Waals surface area contributed by atoms with Crippen molar-refractivity contribution in [1.29, 1.82) is 0 Å². The average Bonchev–Trinajstić information content (AvgIpc) is 2.57. The van der Waals surface area contributed by atoms with Crippen LogP contribution in [0.15, 0.2) is 54.6 Å². The minimum atomic E-state index is 0.140. The summed E-state index contributed by atoms with van der Waals surface area (Å²) in [7, 11) is 0. The molecule has 2 aromatic rings. The highest BCUT2D eigenvalue weighted by Crippen LogP contribution is 2.23. The highest BCUT2D eigenvalue weighted by molar-refractivity contribution is 6.30.